The lowest BCUT2D eigenvalue weighted by atomic mass is 9.71. The van der Waals surface area contributed by atoms with Gasteiger partial charge in [0.15, 0.2) is 0 Å². The minimum Gasteiger partial charge on any atom is -0.390 e. The first-order valence-corrected chi connectivity index (χ1v) is 8.80. The zero-order chi connectivity index (χ0) is 14.3. The van der Waals surface area contributed by atoms with E-state index in [1.54, 1.807) is 0 Å². The lowest BCUT2D eigenvalue weighted by molar-refractivity contribution is -0.144. The predicted octanol–water partition coefficient (Wildman–Crippen LogP) is 4.45. The third kappa shape index (κ3) is 2.92. The zero-order valence-corrected chi connectivity index (χ0v) is 13.4. The van der Waals surface area contributed by atoms with Gasteiger partial charge in [0.1, 0.15) is 0 Å². The molecule has 0 aromatic carbocycles. The van der Waals surface area contributed by atoms with Gasteiger partial charge in [-0.3, -0.25) is 0 Å². The molecule has 0 radical (unpaired) electrons. The summed E-state index contributed by atoms with van der Waals surface area (Å²) in [7, 11) is 0. The maximum Gasteiger partial charge on any atom is 0.0686 e. The zero-order valence-electron chi connectivity index (χ0n) is 13.4. The summed E-state index contributed by atoms with van der Waals surface area (Å²) < 4.78 is 6.15. The van der Waals surface area contributed by atoms with Crippen LogP contribution in [0.5, 0.6) is 0 Å². The van der Waals surface area contributed by atoms with Gasteiger partial charge in [-0.1, -0.05) is 33.1 Å². The molecule has 1 aliphatic heterocycles. The van der Waals surface area contributed by atoms with Crippen molar-refractivity contribution in [2.24, 2.45) is 11.3 Å². The van der Waals surface area contributed by atoms with E-state index in [1.165, 1.54) is 44.9 Å². The summed E-state index contributed by atoms with van der Waals surface area (Å²) in [6.45, 7) is 5.60. The first-order valence-electron chi connectivity index (χ1n) is 8.80. The van der Waals surface area contributed by atoms with Crippen LogP contribution in [0.3, 0.4) is 0 Å². The first kappa shape index (κ1) is 14.8. The van der Waals surface area contributed by atoms with Crippen LogP contribution in [-0.2, 0) is 4.74 Å². The molecule has 2 heteroatoms. The van der Waals surface area contributed by atoms with Crippen molar-refractivity contribution in [3.63, 3.8) is 0 Å². The number of rotatable bonds is 1. The topological polar surface area (TPSA) is 29.5 Å². The fourth-order valence-corrected chi connectivity index (χ4v) is 4.94. The van der Waals surface area contributed by atoms with Gasteiger partial charge in [0, 0.05) is 6.61 Å². The highest BCUT2D eigenvalue weighted by atomic mass is 16.5. The number of hydrogen-bond acceptors (Lipinski definition) is 2. The Morgan fingerprint density at radius 1 is 0.900 bits per heavy atom. The number of ether oxygens (including phenoxy) is 1. The molecule has 0 aromatic rings. The molecule has 2 aliphatic carbocycles. The molecule has 1 saturated heterocycles. The maximum atomic E-state index is 11.3. The van der Waals surface area contributed by atoms with Crippen molar-refractivity contribution in [3.8, 4) is 0 Å². The Morgan fingerprint density at radius 3 is 2.40 bits per heavy atom. The van der Waals surface area contributed by atoms with Gasteiger partial charge in [0.25, 0.3) is 0 Å². The summed E-state index contributed by atoms with van der Waals surface area (Å²) in [4.78, 5) is 0. The summed E-state index contributed by atoms with van der Waals surface area (Å²) in [5.41, 5.74) is 0.147. The van der Waals surface area contributed by atoms with Crippen molar-refractivity contribution in [3.05, 3.63) is 0 Å². The van der Waals surface area contributed by atoms with Gasteiger partial charge in [-0.05, 0) is 62.7 Å². The highest BCUT2D eigenvalue weighted by Gasteiger charge is 2.47. The second-order valence-electron chi connectivity index (χ2n) is 8.55. The van der Waals surface area contributed by atoms with E-state index in [2.05, 4.69) is 13.8 Å². The van der Waals surface area contributed by atoms with Crippen LogP contribution < -0.4 is 0 Å². The van der Waals surface area contributed by atoms with Crippen LogP contribution in [-0.4, -0.2) is 22.9 Å². The standard InChI is InChI=1S/C18H32O2/c1-16(2)7-5-10-18(19,12-11-16)15-6-13-20-17(14-15)8-3-4-9-17/h15,19H,3-14H2,1-2H3. The molecule has 0 amide bonds. The normalized spacial score (nSPS) is 40.6. The summed E-state index contributed by atoms with van der Waals surface area (Å²) >= 11 is 0. The molecular formula is C18H32O2. The molecule has 20 heavy (non-hydrogen) atoms. The quantitative estimate of drug-likeness (QED) is 0.719. The second-order valence-corrected chi connectivity index (χ2v) is 8.55. The summed E-state index contributed by atoms with van der Waals surface area (Å²) in [5.74, 6) is 0.475. The average molecular weight is 280 g/mol. The molecule has 3 rings (SSSR count). The summed E-state index contributed by atoms with van der Waals surface area (Å²) in [6.07, 6.45) is 12.9. The van der Waals surface area contributed by atoms with Gasteiger partial charge in [0.05, 0.1) is 11.2 Å². The molecule has 0 bridgehead atoms. The van der Waals surface area contributed by atoms with Gasteiger partial charge >= 0.3 is 0 Å². The fourth-order valence-electron chi connectivity index (χ4n) is 4.94. The van der Waals surface area contributed by atoms with Crippen molar-refractivity contribution < 1.29 is 9.84 Å². The number of hydrogen-bond donors (Lipinski definition) is 1. The van der Waals surface area contributed by atoms with Gasteiger partial charge in [0.2, 0.25) is 0 Å². The smallest absolute Gasteiger partial charge is 0.0686 e. The summed E-state index contributed by atoms with van der Waals surface area (Å²) in [6, 6.07) is 0. The van der Waals surface area contributed by atoms with Gasteiger partial charge in [-0.25, -0.2) is 0 Å². The minimum atomic E-state index is -0.410. The Balaban J connectivity index is 1.70. The van der Waals surface area contributed by atoms with Crippen LogP contribution in [0.15, 0.2) is 0 Å². The van der Waals surface area contributed by atoms with Crippen LogP contribution in [0.2, 0.25) is 0 Å². The van der Waals surface area contributed by atoms with E-state index in [0.717, 1.165) is 32.3 Å². The van der Waals surface area contributed by atoms with Gasteiger partial charge in [-0.2, -0.15) is 0 Å². The van der Waals surface area contributed by atoms with Crippen molar-refractivity contribution in [1.82, 2.24) is 0 Å². The van der Waals surface area contributed by atoms with Crippen LogP contribution in [0.1, 0.15) is 84.5 Å². The Morgan fingerprint density at radius 2 is 1.65 bits per heavy atom. The highest BCUT2D eigenvalue weighted by molar-refractivity contribution is 4.99. The van der Waals surface area contributed by atoms with E-state index < -0.39 is 5.60 Å². The maximum absolute atomic E-state index is 11.3. The van der Waals surface area contributed by atoms with Crippen molar-refractivity contribution >= 4 is 0 Å². The lowest BCUT2D eigenvalue weighted by Crippen LogP contribution is -2.47. The van der Waals surface area contributed by atoms with E-state index >= 15 is 0 Å². The first-order chi connectivity index (χ1) is 9.43. The molecule has 2 unspecified atom stereocenters. The van der Waals surface area contributed by atoms with E-state index in [0.29, 0.717) is 11.3 Å². The largest absolute Gasteiger partial charge is 0.390 e. The Kier molecular flexibility index (Phi) is 3.92. The number of aliphatic hydroxyl groups is 1. The van der Waals surface area contributed by atoms with Crippen molar-refractivity contribution in [1.29, 1.82) is 0 Å². The minimum absolute atomic E-state index is 0.139. The van der Waals surface area contributed by atoms with Gasteiger partial charge < -0.3 is 9.84 Å². The molecule has 116 valence electrons. The average Bonchev–Trinajstić information content (AvgIpc) is 2.78. The summed E-state index contributed by atoms with van der Waals surface area (Å²) in [5, 5.41) is 11.3. The SMILES string of the molecule is CC1(C)CCCC(O)(C2CCOC3(CCCC3)C2)CC1. The third-order valence-electron chi connectivity index (χ3n) is 6.47. The van der Waals surface area contributed by atoms with Crippen LogP contribution >= 0.6 is 0 Å². The predicted molar refractivity (Wildman–Crippen MR) is 81.7 cm³/mol. The third-order valence-corrected chi connectivity index (χ3v) is 6.47. The van der Waals surface area contributed by atoms with E-state index in [-0.39, 0.29) is 5.60 Å². The van der Waals surface area contributed by atoms with Crippen LogP contribution in [0.25, 0.3) is 0 Å². The van der Waals surface area contributed by atoms with Gasteiger partial charge in [-0.15, -0.1) is 0 Å². The molecule has 2 atom stereocenters. The molecular weight excluding hydrogens is 248 g/mol. The molecule has 1 N–H and O–H groups in total. The van der Waals surface area contributed by atoms with E-state index in [9.17, 15) is 5.11 Å². The Hall–Kier alpha value is -0.0800. The van der Waals surface area contributed by atoms with Crippen LogP contribution in [0, 0.1) is 11.3 Å². The van der Waals surface area contributed by atoms with E-state index in [4.69, 9.17) is 4.74 Å². The second kappa shape index (κ2) is 5.28. The molecule has 0 aromatic heterocycles. The molecule has 2 saturated carbocycles. The highest BCUT2D eigenvalue weighted by Crippen LogP contribution is 2.49. The van der Waals surface area contributed by atoms with E-state index in [1.807, 2.05) is 0 Å². The Bertz CT molecular complexity index is 343. The lowest BCUT2D eigenvalue weighted by Gasteiger charge is -2.45. The fraction of sp³-hybridized carbons (Fsp3) is 1.00. The Labute approximate surface area is 124 Å². The molecule has 1 heterocycles. The molecule has 2 nitrogen and oxygen atoms in total. The molecule has 1 spiro atoms. The van der Waals surface area contributed by atoms with Crippen molar-refractivity contribution in [2.45, 2.75) is 95.7 Å². The van der Waals surface area contributed by atoms with Crippen LogP contribution in [0.4, 0.5) is 0 Å². The van der Waals surface area contributed by atoms with Crippen molar-refractivity contribution in [2.75, 3.05) is 6.61 Å². The molecule has 3 aliphatic rings. The molecule has 3 fully saturated rings. The monoisotopic (exact) mass is 280 g/mol.